The molecule has 1 fully saturated rings. The molecule has 2 aromatic carbocycles. The number of rotatable bonds is 3. The van der Waals surface area contributed by atoms with Crippen molar-refractivity contribution in [1.29, 1.82) is 0 Å². The molecule has 1 aliphatic heterocycles. The van der Waals surface area contributed by atoms with Crippen LogP contribution in [0.2, 0.25) is 0 Å². The number of hydrogen-bond donors (Lipinski definition) is 1. The van der Waals surface area contributed by atoms with Gasteiger partial charge < -0.3 is 19.8 Å². The molecule has 2 aromatic rings. The Balaban J connectivity index is 2.27. The standard InChI is InChI=1S/C17H19BF3NO3/c1-16(2)17(3,4)25-18(24-16)11-7-10(22)5-9-6-12(20)14(21)15(13(9)11)23-8-19/h5-7H,8,22H2,1-4H3. The minimum Gasteiger partial charge on any atom is -0.459 e. The lowest BCUT2D eigenvalue weighted by Gasteiger charge is -2.32. The monoisotopic (exact) mass is 353 g/mol. The van der Waals surface area contributed by atoms with Crippen LogP contribution >= 0.6 is 0 Å². The Morgan fingerprint density at radius 1 is 1.08 bits per heavy atom. The molecular weight excluding hydrogens is 334 g/mol. The third-order valence-corrected chi connectivity index (χ3v) is 4.85. The van der Waals surface area contributed by atoms with Gasteiger partial charge in [-0.15, -0.1) is 0 Å². The number of halogens is 3. The summed E-state index contributed by atoms with van der Waals surface area (Å²) in [5, 5.41) is 0.441. The summed E-state index contributed by atoms with van der Waals surface area (Å²) in [4.78, 5) is 0. The fourth-order valence-electron chi connectivity index (χ4n) is 2.85. The lowest BCUT2D eigenvalue weighted by atomic mass is 9.75. The molecule has 0 unspecified atom stereocenters. The summed E-state index contributed by atoms with van der Waals surface area (Å²) in [7, 11) is -0.886. The summed E-state index contributed by atoms with van der Waals surface area (Å²) >= 11 is 0. The van der Waals surface area contributed by atoms with Crippen LogP contribution in [-0.2, 0) is 9.31 Å². The van der Waals surface area contributed by atoms with Gasteiger partial charge in [0.2, 0.25) is 12.7 Å². The van der Waals surface area contributed by atoms with Crippen LogP contribution < -0.4 is 15.9 Å². The second kappa shape index (κ2) is 5.81. The van der Waals surface area contributed by atoms with E-state index in [0.717, 1.165) is 6.07 Å². The topological polar surface area (TPSA) is 53.7 Å². The zero-order valence-corrected chi connectivity index (χ0v) is 14.5. The minimum absolute atomic E-state index is 0.171. The predicted molar refractivity (Wildman–Crippen MR) is 90.6 cm³/mol. The molecule has 8 heteroatoms. The minimum atomic E-state index is -1.30. The van der Waals surface area contributed by atoms with Crippen molar-refractivity contribution < 1.29 is 27.2 Å². The number of ether oxygens (including phenoxy) is 1. The van der Waals surface area contributed by atoms with E-state index in [1.807, 2.05) is 27.7 Å². The van der Waals surface area contributed by atoms with E-state index in [9.17, 15) is 13.2 Å². The molecule has 1 heterocycles. The Morgan fingerprint density at radius 2 is 1.68 bits per heavy atom. The van der Waals surface area contributed by atoms with Crippen LogP contribution in [0.15, 0.2) is 18.2 Å². The van der Waals surface area contributed by atoms with Gasteiger partial charge in [0.25, 0.3) is 0 Å². The van der Waals surface area contributed by atoms with Gasteiger partial charge >= 0.3 is 7.12 Å². The first-order valence-electron chi connectivity index (χ1n) is 7.83. The SMILES string of the molecule is CC1(C)OB(c2cc(N)cc3cc(F)c(F)c(OCF)c23)OC1(C)C. The molecule has 0 radical (unpaired) electrons. The molecule has 0 spiro atoms. The average molecular weight is 353 g/mol. The molecule has 1 saturated heterocycles. The summed E-state index contributed by atoms with van der Waals surface area (Å²) < 4.78 is 57.5. The second-order valence-electron chi connectivity index (χ2n) is 7.05. The zero-order chi connectivity index (χ0) is 18.6. The molecule has 0 saturated carbocycles. The van der Waals surface area contributed by atoms with E-state index in [-0.39, 0.29) is 10.8 Å². The van der Waals surface area contributed by atoms with Crippen molar-refractivity contribution in [2.75, 3.05) is 12.6 Å². The highest BCUT2D eigenvalue weighted by Crippen LogP contribution is 2.39. The first kappa shape index (κ1) is 17.9. The summed E-state index contributed by atoms with van der Waals surface area (Å²) in [5.74, 6) is -2.95. The number of nitrogens with two attached hydrogens (primary N) is 1. The quantitative estimate of drug-likeness (QED) is 0.680. The van der Waals surface area contributed by atoms with Crippen molar-refractivity contribution in [1.82, 2.24) is 0 Å². The van der Waals surface area contributed by atoms with Gasteiger partial charge in [-0.3, -0.25) is 0 Å². The highest BCUT2D eigenvalue weighted by atomic mass is 19.2. The van der Waals surface area contributed by atoms with Crippen molar-refractivity contribution in [3.8, 4) is 5.75 Å². The normalized spacial score (nSPS) is 18.8. The predicted octanol–water partition coefficient (Wildman–Crippen LogP) is 3.31. The maximum absolute atomic E-state index is 14.2. The maximum Gasteiger partial charge on any atom is 0.495 e. The van der Waals surface area contributed by atoms with Crippen molar-refractivity contribution in [2.45, 2.75) is 38.9 Å². The van der Waals surface area contributed by atoms with E-state index in [2.05, 4.69) is 0 Å². The van der Waals surface area contributed by atoms with E-state index < -0.39 is 42.6 Å². The number of alkyl halides is 1. The van der Waals surface area contributed by atoms with E-state index in [0.29, 0.717) is 11.2 Å². The largest absolute Gasteiger partial charge is 0.495 e. The Labute approximate surface area is 144 Å². The third kappa shape index (κ3) is 2.83. The second-order valence-corrected chi connectivity index (χ2v) is 7.05. The molecule has 0 aliphatic carbocycles. The lowest BCUT2D eigenvalue weighted by molar-refractivity contribution is 0.00578. The molecule has 0 aromatic heterocycles. The maximum atomic E-state index is 14.2. The van der Waals surface area contributed by atoms with E-state index >= 15 is 0 Å². The first-order valence-corrected chi connectivity index (χ1v) is 7.83. The van der Waals surface area contributed by atoms with Crippen molar-refractivity contribution >= 4 is 29.0 Å². The van der Waals surface area contributed by atoms with Crippen LogP contribution in [0.3, 0.4) is 0 Å². The Morgan fingerprint density at radius 3 is 2.24 bits per heavy atom. The third-order valence-electron chi connectivity index (χ3n) is 4.85. The molecule has 2 N–H and O–H groups in total. The van der Waals surface area contributed by atoms with Crippen molar-refractivity contribution in [3.63, 3.8) is 0 Å². The van der Waals surface area contributed by atoms with Crippen LogP contribution in [-0.4, -0.2) is 25.2 Å². The van der Waals surface area contributed by atoms with Crippen molar-refractivity contribution in [2.24, 2.45) is 0 Å². The zero-order valence-electron chi connectivity index (χ0n) is 14.5. The summed E-state index contributed by atoms with van der Waals surface area (Å²) in [5.41, 5.74) is 5.28. The number of nitrogen functional groups attached to an aromatic ring is 1. The first-order chi connectivity index (χ1) is 11.6. The smallest absolute Gasteiger partial charge is 0.459 e. The molecule has 0 atom stereocenters. The fourth-order valence-corrected chi connectivity index (χ4v) is 2.85. The van der Waals surface area contributed by atoms with E-state index in [4.69, 9.17) is 19.8 Å². The summed E-state index contributed by atoms with van der Waals surface area (Å²) in [6.45, 7) is 6.14. The Kier molecular flexibility index (Phi) is 4.16. The number of benzene rings is 2. The van der Waals surface area contributed by atoms with E-state index in [1.165, 1.54) is 12.1 Å². The van der Waals surface area contributed by atoms with Crippen molar-refractivity contribution in [3.05, 3.63) is 29.8 Å². The van der Waals surface area contributed by atoms with Gasteiger partial charge in [-0.1, -0.05) is 0 Å². The highest BCUT2D eigenvalue weighted by Gasteiger charge is 2.52. The fraction of sp³-hybridized carbons (Fsp3) is 0.412. The Hall–Kier alpha value is -1.93. The molecule has 4 nitrogen and oxygen atoms in total. The molecule has 1 aliphatic rings. The van der Waals surface area contributed by atoms with Crippen LogP contribution in [0, 0.1) is 11.6 Å². The average Bonchev–Trinajstić information content (AvgIpc) is 2.71. The molecule has 0 amide bonds. The molecule has 0 bridgehead atoms. The van der Waals surface area contributed by atoms with Crippen LogP contribution in [0.25, 0.3) is 10.8 Å². The van der Waals surface area contributed by atoms with Crippen LogP contribution in [0.5, 0.6) is 5.75 Å². The van der Waals surface area contributed by atoms with Gasteiger partial charge in [0.05, 0.1) is 11.2 Å². The summed E-state index contributed by atoms with van der Waals surface area (Å²) in [6.07, 6.45) is 0. The number of anilines is 1. The molecule has 25 heavy (non-hydrogen) atoms. The van der Waals surface area contributed by atoms with Gasteiger partial charge in [-0.05, 0) is 56.7 Å². The number of fused-ring (bicyclic) bond motifs is 1. The lowest BCUT2D eigenvalue weighted by Crippen LogP contribution is -2.41. The van der Waals surface area contributed by atoms with Gasteiger partial charge in [0, 0.05) is 11.1 Å². The van der Waals surface area contributed by atoms with Crippen LogP contribution in [0.4, 0.5) is 18.9 Å². The molecular formula is C17H19BF3NO3. The molecule has 3 rings (SSSR count). The van der Waals surface area contributed by atoms with Gasteiger partial charge in [-0.2, -0.15) is 4.39 Å². The Bertz CT molecular complexity index is 826. The van der Waals surface area contributed by atoms with Gasteiger partial charge in [0.1, 0.15) is 0 Å². The van der Waals surface area contributed by atoms with Crippen LogP contribution in [0.1, 0.15) is 27.7 Å². The summed E-state index contributed by atoms with van der Waals surface area (Å²) in [6, 6.07) is 3.98. The van der Waals surface area contributed by atoms with E-state index in [1.54, 1.807) is 0 Å². The number of hydrogen-bond acceptors (Lipinski definition) is 4. The van der Waals surface area contributed by atoms with Gasteiger partial charge in [-0.25, -0.2) is 8.78 Å². The highest BCUT2D eigenvalue weighted by molar-refractivity contribution is 6.65. The molecule has 134 valence electrons. The van der Waals surface area contributed by atoms with Gasteiger partial charge in [0.15, 0.2) is 11.6 Å².